The van der Waals surface area contributed by atoms with Crippen LogP contribution in [0.4, 0.5) is 0 Å². The highest BCUT2D eigenvalue weighted by molar-refractivity contribution is 5.87. The second-order valence-electron chi connectivity index (χ2n) is 7.11. The Balaban J connectivity index is 0.000000426. The van der Waals surface area contributed by atoms with Crippen LogP contribution in [0, 0.1) is 5.92 Å². The molecule has 6 heteroatoms. The van der Waals surface area contributed by atoms with Crippen LogP contribution in [0.5, 0.6) is 0 Å². The van der Waals surface area contributed by atoms with Gasteiger partial charge in [-0.1, -0.05) is 63.1 Å². The minimum atomic E-state index is -0.879. The largest absolute Gasteiger partial charge is 0.478 e. The van der Waals surface area contributed by atoms with Crippen LogP contribution in [-0.4, -0.2) is 44.6 Å². The van der Waals surface area contributed by atoms with Gasteiger partial charge < -0.3 is 20.4 Å². The van der Waals surface area contributed by atoms with Crippen LogP contribution >= 0.6 is 0 Å². The van der Waals surface area contributed by atoms with Gasteiger partial charge >= 0.3 is 11.9 Å². The van der Waals surface area contributed by atoms with Crippen molar-refractivity contribution in [3.05, 3.63) is 71.8 Å². The molecule has 3 atom stereocenters. The third kappa shape index (κ3) is 13.5. The summed E-state index contributed by atoms with van der Waals surface area (Å²) < 4.78 is 0. The number of unbranched alkanes of at least 4 members (excludes halogenated alkanes) is 1. The third-order valence-electron chi connectivity index (χ3n) is 4.29. The lowest BCUT2D eigenvalue weighted by Crippen LogP contribution is -2.22. The Morgan fingerprint density at radius 1 is 0.800 bits per heavy atom. The number of aromatic carboxylic acids is 2. The number of carboxylic acid groups (broad SMARTS) is 2. The SMILES string of the molecule is CCCCC(C)C(O)CC(C)O.O=C(O)c1ccccc1.O=C(O)c1ccccc1. The molecular weight excluding hydrogens is 384 g/mol. The van der Waals surface area contributed by atoms with Crippen LogP contribution in [-0.2, 0) is 0 Å². The zero-order valence-corrected chi connectivity index (χ0v) is 17.9. The first kappa shape index (κ1) is 27.3. The van der Waals surface area contributed by atoms with E-state index in [1.807, 2.05) is 6.92 Å². The number of carbonyl (C=O) groups is 2. The molecule has 3 unspecified atom stereocenters. The summed E-state index contributed by atoms with van der Waals surface area (Å²) in [5.41, 5.74) is 0.662. The Morgan fingerprint density at radius 2 is 1.20 bits per heavy atom. The highest BCUT2D eigenvalue weighted by Crippen LogP contribution is 2.15. The van der Waals surface area contributed by atoms with Gasteiger partial charge in [-0.05, 0) is 49.9 Å². The molecule has 6 nitrogen and oxygen atoms in total. The smallest absolute Gasteiger partial charge is 0.335 e. The van der Waals surface area contributed by atoms with Gasteiger partial charge in [0.2, 0.25) is 0 Å². The van der Waals surface area contributed by atoms with Crippen LogP contribution in [0.15, 0.2) is 60.7 Å². The maximum Gasteiger partial charge on any atom is 0.335 e. The monoisotopic (exact) mass is 418 g/mol. The summed E-state index contributed by atoms with van der Waals surface area (Å²) in [6.07, 6.45) is 3.18. The van der Waals surface area contributed by atoms with E-state index in [0.717, 1.165) is 12.8 Å². The lowest BCUT2D eigenvalue weighted by molar-refractivity contribution is 0.0524. The fraction of sp³-hybridized carbons (Fsp3) is 0.417. The second-order valence-corrected chi connectivity index (χ2v) is 7.11. The standard InChI is InChI=1S/C10H22O2.2C7H6O2/c1-4-5-6-8(2)10(12)7-9(3)11;2*8-7(9)6-4-2-1-3-5-6/h8-12H,4-7H2,1-3H3;2*1-5H,(H,8,9). The van der Waals surface area contributed by atoms with Crippen LogP contribution in [0.2, 0.25) is 0 Å². The lowest BCUT2D eigenvalue weighted by atomic mass is 9.94. The first-order valence-electron chi connectivity index (χ1n) is 10.1. The summed E-state index contributed by atoms with van der Waals surface area (Å²) in [5.74, 6) is -1.44. The van der Waals surface area contributed by atoms with E-state index < -0.39 is 11.9 Å². The molecule has 0 amide bonds. The van der Waals surface area contributed by atoms with Gasteiger partial charge in [-0.25, -0.2) is 9.59 Å². The van der Waals surface area contributed by atoms with Crippen molar-refractivity contribution in [2.24, 2.45) is 5.92 Å². The zero-order valence-electron chi connectivity index (χ0n) is 17.9. The third-order valence-corrected chi connectivity index (χ3v) is 4.29. The maximum atomic E-state index is 10.2. The fourth-order valence-electron chi connectivity index (χ4n) is 2.46. The van der Waals surface area contributed by atoms with Crippen molar-refractivity contribution in [3.8, 4) is 0 Å². The average molecular weight is 419 g/mol. The van der Waals surface area contributed by atoms with E-state index >= 15 is 0 Å². The summed E-state index contributed by atoms with van der Waals surface area (Å²) in [6, 6.07) is 16.6. The molecule has 0 radical (unpaired) electrons. The number of aliphatic hydroxyl groups is 2. The minimum absolute atomic E-state index is 0.319. The van der Waals surface area contributed by atoms with E-state index in [0.29, 0.717) is 23.5 Å². The zero-order chi connectivity index (χ0) is 22.9. The molecule has 4 N–H and O–H groups in total. The number of aliphatic hydroxyl groups excluding tert-OH is 2. The average Bonchev–Trinajstić information content (AvgIpc) is 2.73. The molecule has 2 aromatic carbocycles. The van der Waals surface area contributed by atoms with Crippen molar-refractivity contribution in [1.29, 1.82) is 0 Å². The van der Waals surface area contributed by atoms with Gasteiger partial charge in [-0.2, -0.15) is 0 Å². The summed E-state index contributed by atoms with van der Waals surface area (Å²) in [5, 5.41) is 35.4. The van der Waals surface area contributed by atoms with Crippen molar-refractivity contribution in [2.45, 2.75) is 58.7 Å². The Labute approximate surface area is 178 Å². The molecule has 2 rings (SSSR count). The van der Waals surface area contributed by atoms with Gasteiger partial charge in [0.15, 0.2) is 0 Å². The molecule has 0 aliphatic rings. The van der Waals surface area contributed by atoms with E-state index in [2.05, 4.69) is 6.92 Å². The van der Waals surface area contributed by atoms with E-state index in [1.54, 1.807) is 67.6 Å². The molecule has 0 aliphatic heterocycles. The quantitative estimate of drug-likeness (QED) is 0.493. The molecule has 0 aromatic heterocycles. The van der Waals surface area contributed by atoms with Crippen LogP contribution < -0.4 is 0 Å². The van der Waals surface area contributed by atoms with Crippen molar-refractivity contribution >= 4 is 11.9 Å². The normalized spacial score (nSPS) is 12.8. The maximum absolute atomic E-state index is 10.2. The molecule has 0 heterocycles. The molecule has 166 valence electrons. The van der Waals surface area contributed by atoms with Crippen LogP contribution in [0.25, 0.3) is 0 Å². The van der Waals surface area contributed by atoms with Gasteiger partial charge in [0, 0.05) is 0 Å². The number of hydrogen-bond acceptors (Lipinski definition) is 4. The molecular formula is C24H34O6. The van der Waals surface area contributed by atoms with Gasteiger partial charge in [0.1, 0.15) is 0 Å². The predicted octanol–water partition coefficient (Wildman–Crippen LogP) is 4.71. The summed E-state index contributed by atoms with van der Waals surface area (Å²) in [6.45, 7) is 5.91. The van der Waals surface area contributed by atoms with Crippen LogP contribution in [0.1, 0.15) is 67.2 Å². The van der Waals surface area contributed by atoms with E-state index in [1.165, 1.54) is 6.42 Å². The van der Waals surface area contributed by atoms with Gasteiger partial charge in [0.05, 0.1) is 23.3 Å². The van der Waals surface area contributed by atoms with Gasteiger partial charge in [0.25, 0.3) is 0 Å². The summed E-state index contributed by atoms with van der Waals surface area (Å²) in [4.78, 5) is 20.4. The molecule has 30 heavy (non-hydrogen) atoms. The van der Waals surface area contributed by atoms with E-state index in [9.17, 15) is 14.7 Å². The topological polar surface area (TPSA) is 115 Å². The molecule has 2 aromatic rings. The molecule has 0 aliphatic carbocycles. The second kappa shape index (κ2) is 16.1. The molecule has 0 saturated carbocycles. The van der Waals surface area contributed by atoms with Gasteiger partial charge in [-0.3, -0.25) is 0 Å². The summed E-state index contributed by atoms with van der Waals surface area (Å²) in [7, 11) is 0. The number of benzene rings is 2. The minimum Gasteiger partial charge on any atom is -0.478 e. The Bertz CT molecular complexity index is 651. The highest BCUT2D eigenvalue weighted by atomic mass is 16.4. The predicted molar refractivity (Wildman–Crippen MR) is 118 cm³/mol. The van der Waals surface area contributed by atoms with Crippen molar-refractivity contribution in [3.63, 3.8) is 0 Å². The first-order valence-corrected chi connectivity index (χ1v) is 10.1. The Kier molecular flexibility index (Phi) is 14.7. The number of hydrogen-bond donors (Lipinski definition) is 4. The molecule has 0 spiro atoms. The Morgan fingerprint density at radius 3 is 1.47 bits per heavy atom. The Hall–Kier alpha value is -2.70. The van der Waals surface area contributed by atoms with Crippen LogP contribution in [0.3, 0.4) is 0 Å². The van der Waals surface area contributed by atoms with Gasteiger partial charge in [-0.15, -0.1) is 0 Å². The van der Waals surface area contributed by atoms with Crippen molar-refractivity contribution in [2.75, 3.05) is 0 Å². The number of rotatable bonds is 8. The lowest BCUT2D eigenvalue weighted by Gasteiger charge is -2.19. The molecule has 0 saturated heterocycles. The molecule has 0 fully saturated rings. The summed E-state index contributed by atoms with van der Waals surface area (Å²) >= 11 is 0. The molecule has 0 bridgehead atoms. The van der Waals surface area contributed by atoms with Crippen molar-refractivity contribution < 1.29 is 30.0 Å². The number of carboxylic acids is 2. The fourth-order valence-corrected chi connectivity index (χ4v) is 2.46. The van der Waals surface area contributed by atoms with E-state index in [4.69, 9.17) is 15.3 Å². The highest BCUT2D eigenvalue weighted by Gasteiger charge is 2.15. The van der Waals surface area contributed by atoms with Crippen molar-refractivity contribution in [1.82, 2.24) is 0 Å². The first-order chi connectivity index (χ1) is 14.2. The van der Waals surface area contributed by atoms with E-state index in [-0.39, 0.29) is 12.2 Å².